The molecule has 0 aliphatic heterocycles. The Hall–Kier alpha value is -4.11. The molecule has 4 aromatic rings. The van der Waals surface area contributed by atoms with E-state index in [1.54, 1.807) is 48.7 Å². The number of carbonyl (C=O) groups excluding carboxylic acids is 1. The summed E-state index contributed by atoms with van der Waals surface area (Å²) in [5.74, 6) is 0.244. The summed E-state index contributed by atoms with van der Waals surface area (Å²) in [6.45, 7) is 2.39. The first kappa shape index (κ1) is 23.1. The van der Waals surface area contributed by atoms with Crippen molar-refractivity contribution in [3.8, 4) is 11.3 Å². The van der Waals surface area contributed by atoms with Gasteiger partial charge in [-0.1, -0.05) is 42.5 Å². The van der Waals surface area contributed by atoms with Crippen LogP contribution in [0.3, 0.4) is 0 Å². The Labute approximate surface area is 198 Å². The van der Waals surface area contributed by atoms with Crippen molar-refractivity contribution in [1.82, 2.24) is 15.3 Å². The van der Waals surface area contributed by atoms with Gasteiger partial charge >= 0.3 is 0 Å². The van der Waals surface area contributed by atoms with Crippen molar-refractivity contribution in [2.45, 2.75) is 24.8 Å². The van der Waals surface area contributed by atoms with Gasteiger partial charge in [-0.25, -0.2) is 13.4 Å². The van der Waals surface area contributed by atoms with E-state index in [1.807, 2.05) is 25.1 Å². The highest BCUT2D eigenvalue weighted by atomic mass is 32.2. The van der Waals surface area contributed by atoms with Gasteiger partial charge in [0.1, 0.15) is 0 Å². The summed E-state index contributed by atoms with van der Waals surface area (Å²) in [6, 6.07) is 20.9. The number of nitrogens with zero attached hydrogens (tertiary/aromatic N) is 1. The number of nitrogens with one attached hydrogen (secondary N) is 3. The van der Waals surface area contributed by atoms with E-state index in [4.69, 9.17) is 5.73 Å². The van der Waals surface area contributed by atoms with Crippen molar-refractivity contribution >= 4 is 27.6 Å². The third kappa shape index (κ3) is 5.62. The highest BCUT2D eigenvalue weighted by molar-refractivity contribution is 7.92. The zero-order chi connectivity index (χ0) is 24.1. The number of hydrogen-bond donors (Lipinski definition) is 4. The van der Waals surface area contributed by atoms with Gasteiger partial charge in [0.25, 0.3) is 10.0 Å². The van der Waals surface area contributed by atoms with E-state index in [0.29, 0.717) is 18.2 Å². The summed E-state index contributed by atoms with van der Waals surface area (Å²) in [5.41, 5.74) is 10.7. The lowest BCUT2D eigenvalue weighted by molar-refractivity contribution is -0.120. The number of hydrogen-bond acceptors (Lipinski definition) is 5. The molecule has 174 valence electrons. The van der Waals surface area contributed by atoms with Crippen LogP contribution in [-0.2, 0) is 27.8 Å². The summed E-state index contributed by atoms with van der Waals surface area (Å²) >= 11 is 0. The van der Waals surface area contributed by atoms with E-state index in [1.165, 1.54) is 12.1 Å². The van der Waals surface area contributed by atoms with E-state index in [-0.39, 0.29) is 17.2 Å². The van der Waals surface area contributed by atoms with Crippen molar-refractivity contribution in [2.75, 3.05) is 10.5 Å². The zero-order valence-corrected chi connectivity index (χ0v) is 19.4. The highest BCUT2D eigenvalue weighted by Crippen LogP contribution is 2.21. The molecule has 0 saturated carbocycles. The van der Waals surface area contributed by atoms with Crippen LogP contribution in [-0.4, -0.2) is 24.3 Å². The second kappa shape index (κ2) is 9.80. The lowest BCUT2D eigenvalue weighted by Crippen LogP contribution is -2.24. The predicted octanol–water partition coefficient (Wildman–Crippen LogP) is 3.63. The van der Waals surface area contributed by atoms with Gasteiger partial charge in [-0.05, 0) is 59.5 Å². The van der Waals surface area contributed by atoms with Gasteiger partial charge in [-0.2, -0.15) is 0 Å². The van der Waals surface area contributed by atoms with Gasteiger partial charge in [-0.15, -0.1) is 0 Å². The number of sulfonamides is 1. The molecule has 0 radical (unpaired) electrons. The standard InChI is InChI=1S/C25H25N5O3S/c1-17-13-19(23-16-28-25(26)29-23)9-10-20(17)15-27-24(31)14-18-7-11-21(12-8-18)30-34(32,33)22-5-3-2-4-6-22/h2-13,16,30H,14-15H2,1H3,(H,27,31)(H3,26,28,29). The van der Waals surface area contributed by atoms with E-state index in [2.05, 4.69) is 20.0 Å². The van der Waals surface area contributed by atoms with Crippen LogP contribution in [0.4, 0.5) is 11.6 Å². The van der Waals surface area contributed by atoms with Gasteiger partial charge in [-0.3, -0.25) is 9.52 Å². The molecule has 0 bridgehead atoms. The maximum Gasteiger partial charge on any atom is 0.261 e. The lowest BCUT2D eigenvalue weighted by atomic mass is 10.0. The summed E-state index contributed by atoms with van der Waals surface area (Å²) in [5, 5.41) is 2.94. The molecular formula is C25H25N5O3S. The second-order valence-electron chi connectivity index (χ2n) is 7.89. The van der Waals surface area contributed by atoms with Crippen LogP contribution in [0.1, 0.15) is 16.7 Å². The van der Waals surface area contributed by atoms with Crippen LogP contribution in [0.25, 0.3) is 11.3 Å². The molecule has 0 unspecified atom stereocenters. The molecule has 0 atom stereocenters. The fourth-order valence-corrected chi connectivity index (χ4v) is 4.57. The predicted molar refractivity (Wildman–Crippen MR) is 132 cm³/mol. The topological polar surface area (TPSA) is 130 Å². The van der Waals surface area contributed by atoms with E-state index in [9.17, 15) is 13.2 Å². The highest BCUT2D eigenvalue weighted by Gasteiger charge is 2.13. The zero-order valence-electron chi connectivity index (χ0n) is 18.6. The molecule has 1 heterocycles. The molecule has 4 rings (SSSR count). The Kier molecular flexibility index (Phi) is 6.65. The molecule has 0 saturated heterocycles. The quantitative estimate of drug-likeness (QED) is 0.309. The normalized spacial score (nSPS) is 11.2. The van der Waals surface area contributed by atoms with Gasteiger partial charge in [0.15, 0.2) is 5.95 Å². The number of aryl methyl sites for hydroxylation is 1. The number of rotatable bonds is 8. The molecule has 3 aromatic carbocycles. The Morgan fingerprint density at radius 3 is 2.41 bits per heavy atom. The fraction of sp³-hybridized carbons (Fsp3) is 0.120. The number of imidazole rings is 1. The third-order valence-electron chi connectivity index (χ3n) is 5.35. The van der Waals surface area contributed by atoms with Crippen LogP contribution in [0, 0.1) is 6.92 Å². The Balaban J connectivity index is 1.32. The monoisotopic (exact) mass is 475 g/mol. The molecule has 0 aliphatic rings. The Morgan fingerprint density at radius 2 is 1.76 bits per heavy atom. The fourth-order valence-electron chi connectivity index (χ4n) is 3.49. The first-order chi connectivity index (χ1) is 16.3. The largest absolute Gasteiger partial charge is 0.369 e. The van der Waals surface area contributed by atoms with Crippen molar-refractivity contribution in [3.63, 3.8) is 0 Å². The summed E-state index contributed by atoms with van der Waals surface area (Å²) in [6.07, 6.45) is 1.87. The third-order valence-corrected chi connectivity index (χ3v) is 6.75. The van der Waals surface area contributed by atoms with Crippen LogP contribution >= 0.6 is 0 Å². The molecule has 0 fully saturated rings. The van der Waals surface area contributed by atoms with Crippen molar-refractivity contribution in [2.24, 2.45) is 0 Å². The maximum atomic E-state index is 12.4. The van der Waals surface area contributed by atoms with E-state index < -0.39 is 10.0 Å². The SMILES string of the molecule is Cc1cc(-c2cnc(N)[nH]2)ccc1CNC(=O)Cc1ccc(NS(=O)(=O)c2ccccc2)cc1. The minimum absolute atomic E-state index is 0.123. The number of H-pyrrole nitrogens is 1. The Bertz CT molecular complexity index is 1400. The number of nitrogen functional groups attached to an aromatic ring is 1. The molecule has 1 aromatic heterocycles. The molecule has 9 heteroatoms. The number of benzene rings is 3. The van der Waals surface area contributed by atoms with Crippen molar-refractivity contribution in [1.29, 1.82) is 0 Å². The first-order valence-electron chi connectivity index (χ1n) is 10.6. The summed E-state index contributed by atoms with van der Waals surface area (Å²) in [4.78, 5) is 19.6. The van der Waals surface area contributed by atoms with Gasteiger partial charge in [0.05, 0.1) is 23.2 Å². The first-order valence-corrected chi connectivity index (χ1v) is 12.1. The van der Waals surface area contributed by atoms with Crippen LogP contribution in [0.5, 0.6) is 0 Å². The molecule has 8 nitrogen and oxygen atoms in total. The molecule has 0 spiro atoms. The molecule has 34 heavy (non-hydrogen) atoms. The maximum absolute atomic E-state index is 12.4. The van der Waals surface area contributed by atoms with Gasteiger partial charge in [0.2, 0.25) is 5.91 Å². The van der Waals surface area contributed by atoms with Crippen molar-refractivity contribution in [3.05, 3.63) is 95.7 Å². The summed E-state index contributed by atoms with van der Waals surface area (Å²) < 4.78 is 27.4. The van der Waals surface area contributed by atoms with Crippen LogP contribution in [0.15, 0.2) is 83.9 Å². The average molecular weight is 476 g/mol. The van der Waals surface area contributed by atoms with Gasteiger partial charge in [0, 0.05) is 12.2 Å². The Morgan fingerprint density at radius 1 is 1.03 bits per heavy atom. The number of carbonyl (C=O) groups is 1. The van der Waals surface area contributed by atoms with Crippen molar-refractivity contribution < 1.29 is 13.2 Å². The second-order valence-corrected chi connectivity index (χ2v) is 9.57. The van der Waals surface area contributed by atoms with E-state index in [0.717, 1.165) is 27.9 Å². The summed E-state index contributed by atoms with van der Waals surface area (Å²) in [7, 11) is -3.65. The van der Waals surface area contributed by atoms with Crippen LogP contribution < -0.4 is 15.8 Å². The smallest absolute Gasteiger partial charge is 0.261 e. The molecule has 1 amide bonds. The minimum atomic E-state index is -3.65. The number of aromatic nitrogens is 2. The number of anilines is 2. The number of aromatic amines is 1. The molecule has 5 N–H and O–H groups in total. The number of amides is 1. The lowest BCUT2D eigenvalue weighted by Gasteiger charge is -2.11. The minimum Gasteiger partial charge on any atom is -0.369 e. The van der Waals surface area contributed by atoms with E-state index >= 15 is 0 Å². The van der Waals surface area contributed by atoms with Crippen LogP contribution in [0.2, 0.25) is 0 Å². The molecular weight excluding hydrogens is 450 g/mol. The number of nitrogens with two attached hydrogens (primary N) is 1. The average Bonchev–Trinajstić information content (AvgIpc) is 3.26. The molecule has 0 aliphatic carbocycles. The van der Waals surface area contributed by atoms with Gasteiger partial charge < -0.3 is 16.0 Å².